The van der Waals surface area contributed by atoms with Crippen molar-refractivity contribution in [1.29, 1.82) is 0 Å². The van der Waals surface area contributed by atoms with Crippen LogP contribution in [0.3, 0.4) is 0 Å². The van der Waals surface area contributed by atoms with Crippen LogP contribution in [0.15, 0.2) is 11.8 Å². The lowest BCUT2D eigenvalue weighted by Gasteiger charge is -2.42. The quantitative estimate of drug-likeness (QED) is 0.133. The van der Waals surface area contributed by atoms with E-state index in [-0.39, 0.29) is 0 Å². The molecule has 18 heteroatoms. The van der Waals surface area contributed by atoms with Crippen LogP contribution in [0, 0.1) is 0 Å². The Hall–Kier alpha value is -4.90. The van der Waals surface area contributed by atoms with E-state index in [9.17, 15) is 38.4 Å². The van der Waals surface area contributed by atoms with Crippen LogP contribution in [0.1, 0.15) is 54.9 Å². The first-order chi connectivity index (χ1) is 20.7. The van der Waals surface area contributed by atoms with Gasteiger partial charge in [0.05, 0.1) is 25.6 Å². The number of hydrogen-bond acceptors (Lipinski definition) is 14. The predicted molar refractivity (Wildman–Crippen MR) is 149 cm³/mol. The van der Waals surface area contributed by atoms with Crippen molar-refractivity contribution >= 4 is 47.7 Å². The molecule has 4 amide bonds. The summed E-state index contributed by atoms with van der Waals surface area (Å²) in [7, 11) is 1.02. The van der Waals surface area contributed by atoms with E-state index in [1.54, 1.807) is 20.8 Å². The maximum Gasteiger partial charge on any atom is 0.408 e. The third-order valence-corrected chi connectivity index (χ3v) is 5.57. The second-order valence-electron chi connectivity index (χ2n) is 10.8. The van der Waals surface area contributed by atoms with Crippen LogP contribution in [0.5, 0.6) is 0 Å². The summed E-state index contributed by atoms with van der Waals surface area (Å²) in [5, 5.41) is 7.26. The van der Waals surface area contributed by atoms with E-state index in [0.717, 1.165) is 40.9 Å². The van der Waals surface area contributed by atoms with Gasteiger partial charge < -0.3 is 50.1 Å². The first-order valence-corrected chi connectivity index (χ1v) is 13.5. The molecule has 1 rings (SSSR count). The molecule has 0 saturated carbocycles. The van der Waals surface area contributed by atoms with E-state index in [1.165, 1.54) is 0 Å². The van der Waals surface area contributed by atoms with Crippen LogP contribution >= 0.6 is 0 Å². The van der Waals surface area contributed by atoms with E-state index >= 15 is 0 Å². The zero-order valence-corrected chi connectivity index (χ0v) is 26.2. The van der Waals surface area contributed by atoms with E-state index in [4.69, 9.17) is 34.2 Å². The summed E-state index contributed by atoms with van der Waals surface area (Å²) in [5.41, 5.74) is 4.32. The maximum absolute atomic E-state index is 13.4. The lowest BCUT2D eigenvalue weighted by atomic mass is 9.91. The summed E-state index contributed by atoms with van der Waals surface area (Å²) in [6, 6.07) is -4.38. The highest BCUT2D eigenvalue weighted by Crippen LogP contribution is 2.27. The minimum absolute atomic E-state index is 0.535. The summed E-state index contributed by atoms with van der Waals surface area (Å²) in [4.78, 5) is 98.3. The highest BCUT2D eigenvalue weighted by atomic mass is 16.6. The highest BCUT2D eigenvalue weighted by Gasteiger charge is 2.48. The average Bonchev–Trinajstić information content (AvgIpc) is 2.87. The van der Waals surface area contributed by atoms with Gasteiger partial charge in [-0.3, -0.25) is 28.8 Å². The summed E-state index contributed by atoms with van der Waals surface area (Å²) < 4.78 is 31.3. The molecule has 252 valence electrons. The van der Waals surface area contributed by atoms with Crippen LogP contribution in [0.25, 0.3) is 0 Å². The van der Waals surface area contributed by atoms with Crippen molar-refractivity contribution in [1.82, 2.24) is 16.0 Å². The van der Waals surface area contributed by atoms with Gasteiger partial charge in [-0.25, -0.2) is 9.59 Å². The molecule has 18 nitrogen and oxygen atoms in total. The number of alkyl carbamates (subject to hydrolysis) is 1. The third-order valence-electron chi connectivity index (χ3n) is 5.57. The lowest BCUT2D eigenvalue weighted by Crippen LogP contribution is -2.65. The molecule has 1 heterocycles. The molecule has 1 aliphatic heterocycles. The number of carbonyl (C=O) groups excluding carboxylic acids is 8. The van der Waals surface area contributed by atoms with Crippen molar-refractivity contribution in [3.8, 4) is 0 Å². The minimum atomic E-state index is -1.67. The normalized spacial score (nSPS) is 19.5. The molecular weight excluding hydrogens is 604 g/mol. The predicted octanol–water partition coefficient (Wildman–Crippen LogP) is -1.37. The van der Waals surface area contributed by atoms with Crippen LogP contribution in [-0.2, 0) is 62.0 Å². The number of carbonyl (C=O) groups is 8. The van der Waals surface area contributed by atoms with E-state index in [2.05, 4.69) is 16.0 Å². The lowest BCUT2D eigenvalue weighted by molar-refractivity contribution is -0.188. The number of hydrogen-bond donors (Lipinski definition) is 4. The second-order valence-corrected chi connectivity index (χ2v) is 10.8. The second kappa shape index (κ2) is 16.8. The fraction of sp³-hybridized carbons (Fsp3) is 0.630. The Labute approximate surface area is 258 Å². The number of ether oxygens (including phenoxy) is 6. The summed E-state index contributed by atoms with van der Waals surface area (Å²) in [6.07, 6.45) is -5.49. The Bertz CT molecular complexity index is 1190. The molecule has 0 aliphatic carbocycles. The van der Waals surface area contributed by atoms with E-state index < -0.39 is 109 Å². The van der Waals surface area contributed by atoms with Crippen molar-refractivity contribution in [3.63, 3.8) is 0 Å². The Morgan fingerprint density at radius 2 is 1.53 bits per heavy atom. The first-order valence-electron chi connectivity index (χ1n) is 13.5. The largest absolute Gasteiger partial charge is 0.477 e. The van der Waals surface area contributed by atoms with Gasteiger partial charge in [0.1, 0.15) is 18.2 Å². The fourth-order valence-electron chi connectivity index (χ4n) is 4.04. The van der Waals surface area contributed by atoms with Gasteiger partial charge in [0.25, 0.3) is 0 Å². The topological polar surface area (TPSA) is 254 Å². The Balaban J connectivity index is 3.70. The zero-order valence-electron chi connectivity index (χ0n) is 26.2. The van der Waals surface area contributed by atoms with Gasteiger partial charge in [-0.05, 0) is 26.8 Å². The first kappa shape index (κ1) is 38.1. The van der Waals surface area contributed by atoms with Crippen molar-refractivity contribution in [3.05, 3.63) is 11.8 Å². The van der Waals surface area contributed by atoms with Gasteiger partial charge >= 0.3 is 30.0 Å². The molecule has 0 unspecified atom stereocenters. The Morgan fingerprint density at radius 1 is 0.933 bits per heavy atom. The van der Waals surface area contributed by atoms with Crippen LogP contribution in [-0.4, -0.2) is 103 Å². The molecule has 6 atom stereocenters. The number of esters is 4. The summed E-state index contributed by atoms with van der Waals surface area (Å²) >= 11 is 0. The number of nitrogens with two attached hydrogens (primary N) is 1. The number of nitrogens with one attached hydrogen (secondary N) is 3. The SMILES string of the molecule is COC(=O)C1=C[C@H](NC(=O)[C@H](CC(N)=O)NC(=O)OC(C)(C)C)[C@@H](NC(C)=O)[C@H]([C@H](OC(C)=O)[C@@H](COC(C)=O)OC(C)=O)O1. The molecule has 1 aliphatic rings. The fourth-order valence-corrected chi connectivity index (χ4v) is 4.04. The smallest absolute Gasteiger partial charge is 0.408 e. The molecule has 45 heavy (non-hydrogen) atoms. The number of amides is 4. The molecule has 0 spiro atoms. The molecule has 0 fully saturated rings. The molecule has 5 N–H and O–H groups in total. The molecule has 0 bridgehead atoms. The highest BCUT2D eigenvalue weighted by molar-refractivity contribution is 5.91. The van der Waals surface area contributed by atoms with Crippen molar-refractivity contribution in [2.45, 2.75) is 96.9 Å². The van der Waals surface area contributed by atoms with Gasteiger partial charge in [0, 0.05) is 27.7 Å². The maximum atomic E-state index is 13.4. The molecule has 0 aromatic carbocycles. The van der Waals surface area contributed by atoms with Crippen LogP contribution < -0.4 is 21.7 Å². The zero-order chi connectivity index (χ0) is 34.6. The molecule has 0 aromatic heterocycles. The molecule has 0 saturated heterocycles. The number of methoxy groups -OCH3 is 1. The van der Waals surface area contributed by atoms with Gasteiger partial charge in [-0.1, -0.05) is 0 Å². The minimum Gasteiger partial charge on any atom is -0.477 e. The van der Waals surface area contributed by atoms with Gasteiger partial charge in [-0.2, -0.15) is 0 Å². The monoisotopic (exact) mass is 644 g/mol. The average molecular weight is 645 g/mol. The van der Waals surface area contributed by atoms with E-state index in [0.29, 0.717) is 0 Å². The molecule has 0 aromatic rings. The number of primary amides is 1. The standard InChI is InChI=1S/C27H40N4O14/c1-12(32)29-21-16(30-24(37)17(10-20(28)36)31-26(39)45-27(5,6)7)9-18(25(38)40-8)44-23(21)22(43-15(4)35)19(42-14(3)34)11-41-13(2)33/h9,16-17,19,21-23H,10-11H2,1-8H3,(H2,28,36)(H,29,32)(H,30,37)(H,31,39)/t16-,17-,19+,21+,22+,23+/m0/s1. The van der Waals surface area contributed by atoms with Crippen LogP contribution in [0.4, 0.5) is 4.79 Å². The van der Waals surface area contributed by atoms with Crippen molar-refractivity contribution in [2.24, 2.45) is 5.73 Å². The summed E-state index contributed by atoms with van der Waals surface area (Å²) in [6.45, 7) is 8.27. The van der Waals surface area contributed by atoms with Gasteiger partial charge in [0.15, 0.2) is 18.3 Å². The van der Waals surface area contributed by atoms with Crippen molar-refractivity contribution in [2.75, 3.05) is 13.7 Å². The Morgan fingerprint density at radius 3 is 2.00 bits per heavy atom. The Kier molecular flexibility index (Phi) is 14.2. The van der Waals surface area contributed by atoms with Crippen molar-refractivity contribution < 1.29 is 66.8 Å². The number of rotatable bonds is 13. The van der Waals surface area contributed by atoms with Gasteiger partial charge in [0.2, 0.25) is 23.5 Å². The van der Waals surface area contributed by atoms with Crippen LogP contribution in [0.2, 0.25) is 0 Å². The third kappa shape index (κ3) is 13.5. The molecular formula is C27H40N4O14. The van der Waals surface area contributed by atoms with E-state index in [1.807, 2.05) is 0 Å². The molecule has 0 radical (unpaired) electrons. The summed E-state index contributed by atoms with van der Waals surface area (Å²) in [5.74, 6) is -6.86. The van der Waals surface area contributed by atoms with Gasteiger partial charge in [-0.15, -0.1) is 0 Å².